The molecule has 0 unspecified atom stereocenters. The first-order chi connectivity index (χ1) is 11.1. The Labute approximate surface area is 143 Å². The van der Waals surface area contributed by atoms with Gasteiger partial charge in [-0.25, -0.2) is 0 Å². The highest BCUT2D eigenvalue weighted by molar-refractivity contribution is 7.83. The van der Waals surface area contributed by atoms with E-state index in [1.807, 2.05) is 30.3 Å². The Hall–Kier alpha value is -1.91. The number of pyridine rings is 1. The second-order valence-corrected chi connectivity index (χ2v) is 7.22. The largest absolute Gasteiger partial charge is 0.380 e. The first kappa shape index (κ1) is 16.0. The fourth-order valence-electron chi connectivity index (χ4n) is 2.53. The summed E-state index contributed by atoms with van der Waals surface area (Å²) in [6.07, 6.45) is 3.50. The predicted octanol–water partition coefficient (Wildman–Crippen LogP) is 4.38. The summed E-state index contributed by atoms with van der Waals surface area (Å²) in [5.41, 5.74) is 3.96. The summed E-state index contributed by atoms with van der Waals surface area (Å²) in [6.45, 7) is 0.632. The number of hydrogen-bond donors (Lipinski definition) is 1. The molecule has 3 nitrogen and oxygen atoms in total. The van der Waals surface area contributed by atoms with Crippen LogP contribution in [0.1, 0.15) is 11.1 Å². The fraction of sp³-hybridized carbons (Fsp3) is 0.167. The molecule has 0 spiro atoms. The van der Waals surface area contributed by atoms with Crippen molar-refractivity contribution in [2.45, 2.75) is 12.3 Å². The van der Waals surface area contributed by atoms with Crippen molar-refractivity contribution in [1.29, 1.82) is 0 Å². The lowest BCUT2D eigenvalue weighted by Gasteiger charge is -2.11. The minimum absolute atomic E-state index is 0.529. The van der Waals surface area contributed by atoms with Crippen LogP contribution in [-0.2, 0) is 23.1 Å². The number of nitrogens with zero attached hydrogens (tertiary/aromatic N) is 1. The topological polar surface area (TPSA) is 42.0 Å². The van der Waals surface area contributed by atoms with Crippen LogP contribution in [0.15, 0.2) is 54.7 Å². The summed E-state index contributed by atoms with van der Waals surface area (Å²) in [5.74, 6) is 0.529. The van der Waals surface area contributed by atoms with Crippen molar-refractivity contribution < 1.29 is 4.21 Å². The quantitative estimate of drug-likeness (QED) is 0.746. The molecule has 118 valence electrons. The molecule has 1 heterocycles. The molecule has 1 N–H and O–H groups in total. The number of fused-ring (bicyclic) bond motifs is 1. The maximum absolute atomic E-state index is 11.4. The van der Waals surface area contributed by atoms with Crippen LogP contribution in [0, 0.1) is 0 Å². The zero-order valence-corrected chi connectivity index (χ0v) is 14.3. The fourth-order valence-corrected chi connectivity index (χ4v) is 3.37. The van der Waals surface area contributed by atoms with Gasteiger partial charge < -0.3 is 5.32 Å². The molecule has 1 aromatic heterocycles. The molecule has 0 bridgehead atoms. The number of aromatic nitrogens is 1. The van der Waals surface area contributed by atoms with Crippen molar-refractivity contribution in [2.75, 3.05) is 11.6 Å². The molecule has 1 atom stereocenters. The molecule has 5 heteroatoms. The van der Waals surface area contributed by atoms with E-state index in [1.165, 1.54) is 0 Å². The second-order valence-electron chi connectivity index (χ2n) is 5.38. The van der Waals surface area contributed by atoms with Gasteiger partial charge in [0.2, 0.25) is 0 Å². The average molecular weight is 345 g/mol. The monoisotopic (exact) mass is 344 g/mol. The lowest BCUT2D eigenvalue weighted by Crippen LogP contribution is -2.02. The molecule has 0 saturated carbocycles. The lowest BCUT2D eigenvalue weighted by atomic mass is 10.1. The molecule has 2 aromatic carbocycles. The van der Waals surface area contributed by atoms with E-state index in [-0.39, 0.29) is 0 Å². The highest BCUT2D eigenvalue weighted by atomic mass is 35.5. The van der Waals surface area contributed by atoms with Crippen LogP contribution in [-0.4, -0.2) is 15.4 Å². The standard InChI is InChI=1S/C18H17ClN2OS/c1-23(22)12-13-7-8-16(19)17(10-13)21-11-15-5-2-4-14-6-3-9-20-18(14)15/h2-10,21H,11-12H2,1H3/t23-/m0/s1. The minimum atomic E-state index is -0.871. The summed E-state index contributed by atoms with van der Waals surface area (Å²) in [6, 6.07) is 15.8. The van der Waals surface area contributed by atoms with Crippen LogP contribution < -0.4 is 5.32 Å². The molecule has 0 radical (unpaired) electrons. The number of nitrogens with one attached hydrogen (secondary N) is 1. The van der Waals surface area contributed by atoms with Gasteiger partial charge in [-0.05, 0) is 29.3 Å². The van der Waals surface area contributed by atoms with E-state index in [1.54, 1.807) is 12.5 Å². The van der Waals surface area contributed by atoms with Gasteiger partial charge >= 0.3 is 0 Å². The van der Waals surface area contributed by atoms with E-state index in [9.17, 15) is 4.21 Å². The number of halogens is 1. The highest BCUT2D eigenvalue weighted by Gasteiger charge is 2.06. The molecule has 3 rings (SSSR count). The van der Waals surface area contributed by atoms with Gasteiger partial charge in [0.1, 0.15) is 0 Å². The van der Waals surface area contributed by atoms with E-state index in [4.69, 9.17) is 11.6 Å². The summed E-state index contributed by atoms with van der Waals surface area (Å²) in [7, 11) is -0.871. The first-order valence-corrected chi connectivity index (χ1v) is 9.39. The van der Waals surface area contributed by atoms with Gasteiger partial charge in [0, 0.05) is 40.9 Å². The van der Waals surface area contributed by atoms with Crippen molar-refractivity contribution in [3.05, 3.63) is 70.9 Å². The molecular formula is C18H17ClN2OS. The molecule has 3 aromatic rings. The zero-order chi connectivity index (χ0) is 16.2. The van der Waals surface area contributed by atoms with Gasteiger partial charge in [-0.15, -0.1) is 0 Å². The summed E-state index contributed by atoms with van der Waals surface area (Å²) in [5, 5.41) is 5.14. The lowest BCUT2D eigenvalue weighted by molar-refractivity contribution is 0.686. The summed E-state index contributed by atoms with van der Waals surface area (Å²) >= 11 is 6.26. The number of para-hydroxylation sites is 1. The highest BCUT2D eigenvalue weighted by Crippen LogP contribution is 2.25. The van der Waals surface area contributed by atoms with E-state index in [0.717, 1.165) is 27.7 Å². The molecule has 23 heavy (non-hydrogen) atoms. The Kier molecular flexibility index (Phi) is 4.94. The van der Waals surface area contributed by atoms with E-state index in [0.29, 0.717) is 17.3 Å². The van der Waals surface area contributed by atoms with Crippen molar-refractivity contribution in [1.82, 2.24) is 4.98 Å². The Morgan fingerprint density at radius 1 is 1.17 bits per heavy atom. The molecule has 0 aliphatic heterocycles. The third kappa shape index (κ3) is 3.89. The molecule has 0 aliphatic carbocycles. The van der Waals surface area contributed by atoms with Crippen molar-refractivity contribution in [2.24, 2.45) is 0 Å². The Morgan fingerprint density at radius 3 is 2.83 bits per heavy atom. The van der Waals surface area contributed by atoms with Crippen LogP contribution >= 0.6 is 11.6 Å². The maximum Gasteiger partial charge on any atom is 0.0751 e. The maximum atomic E-state index is 11.4. The SMILES string of the molecule is C[S@](=O)Cc1ccc(Cl)c(NCc2cccc3cccnc23)c1. The van der Waals surface area contributed by atoms with Crippen LogP contribution in [0.4, 0.5) is 5.69 Å². The van der Waals surface area contributed by atoms with Crippen LogP contribution in [0.2, 0.25) is 5.02 Å². The van der Waals surface area contributed by atoms with E-state index >= 15 is 0 Å². The second kappa shape index (κ2) is 7.11. The normalized spacial score (nSPS) is 12.3. The zero-order valence-electron chi connectivity index (χ0n) is 12.8. The number of hydrogen-bond acceptors (Lipinski definition) is 3. The van der Waals surface area contributed by atoms with Gasteiger partial charge in [-0.3, -0.25) is 9.19 Å². The number of benzene rings is 2. The van der Waals surface area contributed by atoms with Gasteiger partial charge in [0.05, 0.1) is 16.2 Å². The Bertz CT molecular complexity index is 861. The van der Waals surface area contributed by atoms with Crippen LogP contribution in [0.3, 0.4) is 0 Å². The van der Waals surface area contributed by atoms with Gasteiger partial charge in [0.15, 0.2) is 0 Å². The van der Waals surface area contributed by atoms with Gasteiger partial charge in [-0.2, -0.15) is 0 Å². The van der Waals surface area contributed by atoms with Crippen LogP contribution in [0.25, 0.3) is 10.9 Å². The smallest absolute Gasteiger partial charge is 0.0751 e. The molecule has 0 saturated heterocycles. The molecular weight excluding hydrogens is 328 g/mol. The van der Waals surface area contributed by atoms with Crippen LogP contribution in [0.5, 0.6) is 0 Å². The molecule has 0 amide bonds. The summed E-state index contributed by atoms with van der Waals surface area (Å²) < 4.78 is 11.4. The van der Waals surface area contributed by atoms with Crippen molar-refractivity contribution in [3.8, 4) is 0 Å². The van der Waals surface area contributed by atoms with Crippen molar-refractivity contribution in [3.63, 3.8) is 0 Å². The Balaban J connectivity index is 1.83. The molecule has 0 fully saturated rings. The third-order valence-electron chi connectivity index (χ3n) is 3.59. The third-order valence-corrected chi connectivity index (χ3v) is 4.66. The van der Waals surface area contributed by atoms with E-state index in [2.05, 4.69) is 28.5 Å². The minimum Gasteiger partial charge on any atom is -0.380 e. The Morgan fingerprint density at radius 2 is 2.00 bits per heavy atom. The number of anilines is 1. The van der Waals surface area contributed by atoms with Gasteiger partial charge in [0.25, 0.3) is 0 Å². The van der Waals surface area contributed by atoms with E-state index < -0.39 is 10.8 Å². The number of rotatable bonds is 5. The molecule has 0 aliphatic rings. The van der Waals surface area contributed by atoms with Gasteiger partial charge in [-0.1, -0.05) is 41.9 Å². The summed E-state index contributed by atoms with van der Waals surface area (Å²) in [4.78, 5) is 4.46. The first-order valence-electron chi connectivity index (χ1n) is 7.28. The van der Waals surface area contributed by atoms with Crippen molar-refractivity contribution >= 4 is 39.0 Å². The predicted molar refractivity (Wildman–Crippen MR) is 98.3 cm³/mol. The average Bonchev–Trinajstić information content (AvgIpc) is 2.55.